The number of nitrogens with zero attached hydrogens (tertiary/aromatic N) is 1. The monoisotopic (exact) mass is 273 g/mol. The van der Waals surface area contributed by atoms with E-state index >= 15 is 0 Å². The number of nitrogen functional groups attached to an aromatic ring is 1. The lowest BCUT2D eigenvalue weighted by molar-refractivity contribution is 0.0956. The first-order valence-corrected chi connectivity index (χ1v) is 7.05. The highest BCUT2D eigenvalue weighted by atomic mass is 32.1. The molecule has 0 spiro atoms. The quantitative estimate of drug-likeness (QED) is 0.903. The fourth-order valence-electron chi connectivity index (χ4n) is 1.86. The van der Waals surface area contributed by atoms with Gasteiger partial charge in [-0.25, -0.2) is 0 Å². The first-order chi connectivity index (χ1) is 9.15. The molecule has 1 heterocycles. The van der Waals surface area contributed by atoms with Crippen molar-refractivity contribution in [3.05, 3.63) is 34.7 Å². The van der Waals surface area contributed by atoms with E-state index in [0.29, 0.717) is 22.3 Å². The van der Waals surface area contributed by atoms with Crippen LogP contribution in [-0.2, 0) is 0 Å². The Morgan fingerprint density at radius 1 is 1.37 bits per heavy atom. The van der Waals surface area contributed by atoms with Crippen molar-refractivity contribution < 1.29 is 4.79 Å². The number of carbonyl (C=O) groups is 1. The van der Waals surface area contributed by atoms with E-state index in [4.69, 9.17) is 5.73 Å². The third kappa shape index (κ3) is 2.46. The predicted octanol–water partition coefficient (Wildman–Crippen LogP) is 2.59. The van der Waals surface area contributed by atoms with Crippen molar-refractivity contribution >= 4 is 23.1 Å². The fraction of sp³-hybridized carbons (Fsp3) is 0.286. The molecule has 0 bridgehead atoms. The number of rotatable bonds is 3. The number of aromatic nitrogens is 1. The first kappa shape index (κ1) is 12.2. The van der Waals surface area contributed by atoms with E-state index in [0.717, 1.165) is 18.4 Å². The highest BCUT2D eigenvalue weighted by molar-refractivity contribution is 7.09. The van der Waals surface area contributed by atoms with Gasteiger partial charge in [0.15, 0.2) is 0 Å². The average Bonchev–Trinajstić information content (AvgIpc) is 3.12. The number of amides is 1. The maximum atomic E-state index is 12.0. The Hall–Kier alpha value is -1.88. The number of anilines is 1. The van der Waals surface area contributed by atoms with Crippen molar-refractivity contribution in [2.75, 3.05) is 5.73 Å². The van der Waals surface area contributed by atoms with Crippen LogP contribution in [0.2, 0.25) is 0 Å². The maximum Gasteiger partial charge on any atom is 0.265 e. The molecule has 5 heteroatoms. The lowest BCUT2D eigenvalue weighted by Gasteiger charge is -2.02. The highest BCUT2D eigenvalue weighted by Crippen LogP contribution is 2.31. The summed E-state index contributed by atoms with van der Waals surface area (Å²) >= 11 is 1.17. The summed E-state index contributed by atoms with van der Waals surface area (Å²) in [7, 11) is 0. The number of hydrogen-bond donors (Lipinski definition) is 2. The molecular formula is C14H15N3OS. The molecule has 19 heavy (non-hydrogen) atoms. The van der Waals surface area contributed by atoms with Gasteiger partial charge in [0.25, 0.3) is 5.91 Å². The molecule has 0 radical (unpaired) electrons. The first-order valence-electron chi connectivity index (χ1n) is 6.28. The van der Waals surface area contributed by atoms with Gasteiger partial charge in [0, 0.05) is 11.6 Å². The third-order valence-electron chi connectivity index (χ3n) is 3.17. The molecular weight excluding hydrogens is 258 g/mol. The van der Waals surface area contributed by atoms with Crippen molar-refractivity contribution in [2.24, 2.45) is 0 Å². The van der Waals surface area contributed by atoms with Gasteiger partial charge in [-0.1, -0.05) is 29.8 Å². The summed E-state index contributed by atoms with van der Waals surface area (Å²) in [5, 5.41) is 2.94. The molecule has 4 nitrogen and oxygen atoms in total. The Morgan fingerprint density at radius 3 is 2.68 bits per heavy atom. The molecule has 0 aliphatic heterocycles. The SMILES string of the molecule is Cc1ccc(-c2nsc(C(=O)NC3CC3)c2N)cc1. The van der Waals surface area contributed by atoms with Crippen LogP contribution in [0.5, 0.6) is 0 Å². The van der Waals surface area contributed by atoms with Crippen LogP contribution in [0.25, 0.3) is 11.3 Å². The van der Waals surface area contributed by atoms with Crippen molar-refractivity contribution in [2.45, 2.75) is 25.8 Å². The molecule has 1 amide bonds. The van der Waals surface area contributed by atoms with Crippen molar-refractivity contribution in [3.63, 3.8) is 0 Å². The van der Waals surface area contributed by atoms with Crippen LogP contribution in [0.1, 0.15) is 28.1 Å². The van der Waals surface area contributed by atoms with Crippen molar-refractivity contribution in [1.29, 1.82) is 0 Å². The van der Waals surface area contributed by atoms with Gasteiger partial charge in [-0.05, 0) is 31.3 Å². The minimum Gasteiger partial charge on any atom is -0.396 e. The predicted molar refractivity (Wildman–Crippen MR) is 77.2 cm³/mol. The molecule has 1 aliphatic rings. The summed E-state index contributed by atoms with van der Waals surface area (Å²) < 4.78 is 4.32. The summed E-state index contributed by atoms with van der Waals surface area (Å²) in [6.45, 7) is 2.03. The Labute approximate surface area is 115 Å². The van der Waals surface area contributed by atoms with Crippen LogP contribution in [0.15, 0.2) is 24.3 Å². The van der Waals surface area contributed by atoms with E-state index < -0.39 is 0 Å². The number of nitrogens with one attached hydrogen (secondary N) is 1. The molecule has 0 atom stereocenters. The summed E-state index contributed by atoms with van der Waals surface area (Å²) in [5.74, 6) is -0.101. The Morgan fingerprint density at radius 2 is 2.05 bits per heavy atom. The summed E-state index contributed by atoms with van der Waals surface area (Å²) in [6, 6.07) is 8.31. The molecule has 1 aromatic carbocycles. The van der Waals surface area contributed by atoms with E-state index in [1.54, 1.807) is 0 Å². The minimum atomic E-state index is -0.101. The number of nitrogens with two attached hydrogens (primary N) is 1. The second-order valence-corrected chi connectivity index (χ2v) is 5.66. The molecule has 2 aromatic rings. The number of benzene rings is 1. The molecule has 98 valence electrons. The van der Waals surface area contributed by atoms with Gasteiger partial charge >= 0.3 is 0 Å². The summed E-state index contributed by atoms with van der Waals surface area (Å²) in [6.07, 6.45) is 2.13. The van der Waals surface area contributed by atoms with Gasteiger partial charge < -0.3 is 11.1 Å². The van der Waals surface area contributed by atoms with Gasteiger partial charge in [0.1, 0.15) is 10.6 Å². The number of hydrogen-bond acceptors (Lipinski definition) is 4. The smallest absolute Gasteiger partial charge is 0.265 e. The van der Waals surface area contributed by atoms with Crippen LogP contribution in [0.4, 0.5) is 5.69 Å². The largest absolute Gasteiger partial charge is 0.396 e. The minimum absolute atomic E-state index is 0.101. The van der Waals surface area contributed by atoms with E-state index in [2.05, 4.69) is 9.69 Å². The zero-order valence-corrected chi connectivity index (χ0v) is 11.5. The Bertz CT molecular complexity index is 614. The van der Waals surface area contributed by atoms with E-state index in [1.165, 1.54) is 17.1 Å². The molecule has 0 unspecified atom stereocenters. The standard InChI is InChI=1S/C14H15N3OS/c1-8-2-4-9(5-3-8)12-11(15)13(19-17-12)14(18)16-10-6-7-10/h2-5,10H,6-7,15H2,1H3,(H,16,18). The zero-order chi connectivity index (χ0) is 13.4. The van der Waals surface area contributed by atoms with E-state index in [9.17, 15) is 4.79 Å². The van der Waals surface area contributed by atoms with Gasteiger partial charge in [0.05, 0.1) is 5.69 Å². The van der Waals surface area contributed by atoms with Crippen LogP contribution in [0.3, 0.4) is 0 Å². The zero-order valence-electron chi connectivity index (χ0n) is 10.6. The van der Waals surface area contributed by atoms with Crippen molar-refractivity contribution in [3.8, 4) is 11.3 Å². The fourth-order valence-corrected chi connectivity index (χ4v) is 2.58. The lowest BCUT2D eigenvalue weighted by Crippen LogP contribution is -2.25. The highest BCUT2D eigenvalue weighted by Gasteiger charge is 2.26. The second-order valence-electron chi connectivity index (χ2n) is 4.89. The normalized spacial score (nSPS) is 14.4. The van der Waals surface area contributed by atoms with Crippen LogP contribution in [0, 0.1) is 6.92 Å². The molecule has 1 aliphatic carbocycles. The Balaban J connectivity index is 1.89. The average molecular weight is 273 g/mol. The van der Waals surface area contributed by atoms with E-state index in [-0.39, 0.29) is 5.91 Å². The van der Waals surface area contributed by atoms with E-state index in [1.807, 2.05) is 31.2 Å². The summed E-state index contributed by atoms with van der Waals surface area (Å²) in [4.78, 5) is 12.5. The molecule has 3 rings (SSSR count). The van der Waals surface area contributed by atoms with Crippen LogP contribution < -0.4 is 11.1 Å². The van der Waals surface area contributed by atoms with Gasteiger partial charge in [-0.15, -0.1) is 0 Å². The van der Waals surface area contributed by atoms with Gasteiger partial charge in [-0.3, -0.25) is 4.79 Å². The number of carbonyl (C=O) groups excluding carboxylic acids is 1. The molecule has 1 saturated carbocycles. The van der Waals surface area contributed by atoms with Gasteiger partial charge in [-0.2, -0.15) is 4.37 Å². The maximum absolute atomic E-state index is 12.0. The van der Waals surface area contributed by atoms with Gasteiger partial charge in [0.2, 0.25) is 0 Å². The number of aryl methyl sites for hydroxylation is 1. The Kier molecular flexibility index (Phi) is 2.98. The topological polar surface area (TPSA) is 68.0 Å². The van der Waals surface area contributed by atoms with Crippen LogP contribution in [-0.4, -0.2) is 16.3 Å². The van der Waals surface area contributed by atoms with Crippen molar-refractivity contribution in [1.82, 2.24) is 9.69 Å². The lowest BCUT2D eigenvalue weighted by atomic mass is 10.1. The molecule has 3 N–H and O–H groups in total. The molecule has 1 aromatic heterocycles. The molecule has 0 saturated heterocycles. The van der Waals surface area contributed by atoms with Crippen LogP contribution >= 0.6 is 11.5 Å². The second kappa shape index (κ2) is 4.66. The summed E-state index contributed by atoms with van der Waals surface area (Å²) in [5.41, 5.74) is 9.37. The molecule has 1 fully saturated rings. The third-order valence-corrected chi connectivity index (χ3v) is 4.03.